The molecule has 25 heavy (non-hydrogen) atoms. The fourth-order valence-electron chi connectivity index (χ4n) is 1.96. The van der Waals surface area contributed by atoms with Gasteiger partial charge in [0.25, 0.3) is 5.54 Å². The van der Waals surface area contributed by atoms with E-state index in [0.717, 1.165) is 11.1 Å². The molecule has 130 valence electrons. The Balaban J connectivity index is 1.91. The maximum absolute atomic E-state index is 11.7. The van der Waals surface area contributed by atoms with Gasteiger partial charge in [-0.25, -0.2) is 4.79 Å². The highest BCUT2D eigenvalue weighted by Gasteiger charge is 2.36. The quantitative estimate of drug-likeness (QED) is 0.430. The Morgan fingerprint density at radius 2 is 1.68 bits per heavy atom. The highest BCUT2D eigenvalue weighted by atomic mass is 16.7. The number of carbonyl (C=O) groups is 1. The molecule has 0 aliphatic heterocycles. The van der Waals surface area contributed by atoms with Crippen LogP contribution in [0.4, 0.5) is 4.79 Å². The lowest BCUT2D eigenvalue weighted by Gasteiger charge is -2.16. The number of nitro groups is 1. The minimum absolute atomic E-state index is 0.0503. The maximum atomic E-state index is 11.7. The number of nitrogens with zero attached hydrogens (tertiary/aromatic N) is 1. The standard InChI is InChI=1S/C19H19NO5/c1-19(20(22)23,13-12-16-8-4-2-5-9-16)15-25-18(21)24-14-17-10-6-3-7-11-17/h2-13H,14-15H2,1H3/b13-12+/t19-/m1/s1. The highest BCUT2D eigenvalue weighted by molar-refractivity contribution is 5.60. The van der Waals surface area contributed by atoms with E-state index in [1.165, 1.54) is 13.0 Å². The molecule has 0 saturated carbocycles. The Bertz CT molecular complexity index is 730. The van der Waals surface area contributed by atoms with Crippen LogP contribution in [0.3, 0.4) is 0 Å². The third kappa shape index (κ3) is 5.76. The van der Waals surface area contributed by atoms with E-state index >= 15 is 0 Å². The summed E-state index contributed by atoms with van der Waals surface area (Å²) >= 11 is 0. The largest absolute Gasteiger partial charge is 0.508 e. The van der Waals surface area contributed by atoms with Crippen LogP contribution in [-0.4, -0.2) is 23.2 Å². The number of hydrogen-bond donors (Lipinski definition) is 0. The third-order valence-electron chi connectivity index (χ3n) is 3.53. The van der Waals surface area contributed by atoms with Crippen molar-refractivity contribution in [1.29, 1.82) is 0 Å². The first-order valence-electron chi connectivity index (χ1n) is 7.72. The molecule has 2 aromatic carbocycles. The van der Waals surface area contributed by atoms with Crippen molar-refractivity contribution in [2.24, 2.45) is 0 Å². The number of carbonyl (C=O) groups excluding carboxylic acids is 1. The van der Waals surface area contributed by atoms with Gasteiger partial charge in [0.05, 0.1) is 0 Å². The molecule has 6 heteroatoms. The van der Waals surface area contributed by atoms with Gasteiger partial charge in [-0.05, 0) is 17.2 Å². The molecule has 0 aliphatic rings. The highest BCUT2D eigenvalue weighted by Crippen LogP contribution is 2.15. The first-order chi connectivity index (χ1) is 12.0. The van der Waals surface area contributed by atoms with Crippen molar-refractivity contribution in [3.8, 4) is 0 Å². The molecular weight excluding hydrogens is 322 g/mol. The number of benzene rings is 2. The van der Waals surface area contributed by atoms with Crippen molar-refractivity contribution in [1.82, 2.24) is 0 Å². The molecule has 2 aromatic rings. The number of rotatable bonds is 7. The van der Waals surface area contributed by atoms with Crippen LogP contribution in [0.5, 0.6) is 0 Å². The Labute approximate surface area is 145 Å². The Kier molecular flexibility index (Phi) is 6.28. The summed E-state index contributed by atoms with van der Waals surface area (Å²) in [5, 5.41) is 11.4. The normalized spacial score (nSPS) is 13.2. The van der Waals surface area contributed by atoms with E-state index in [2.05, 4.69) is 0 Å². The summed E-state index contributed by atoms with van der Waals surface area (Å²) in [7, 11) is 0. The van der Waals surface area contributed by atoms with Gasteiger partial charge in [0, 0.05) is 11.8 Å². The molecule has 6 nitrogen and oxygen atoms in total. The van der Waals surface area contributed by atoms with Crippen LogP contribution in [0.1, 0.15) is 18.1 Å². The molecule has 1 atom stereocenters. The molecule has 0 N–H and O–H groups in total. The molecular formula is C19H19NO5. The molecule has 0 amide bonds. The summed E-state index contributed by atoms with van der Waals surface area (Å²) in [4.78, 5) is 22.5. The average Bonchev–Trinajstić information content (AvgIpc) is 2.64. The van der Waals surface area contributed by atoms with Crippen molar-refractivity contribution < 1.29 is 19.2 Å². The van der Waals surface area contributed by atoms with Crippen LogP contribution in [0.25, 0.3) is 6.08 Å². The zero-order chi connectivity index (χ0) is 18.1. The maximum Gasteiger partial charge on any atom is 0.508 e. The average molecular weight is 341 g/mol. The lowest BCUT2D eigenvalue weighted by molar-refractivity contribution is -0.553. The molecule has 0 heterocycles. The number of ether oxygens (including phenoxy) is 2. The SMILES string of the molecule is C[C@@](/C=C/c1ccccc1)(COC(=O)OCc1ccccc1)[N+](=O)[O-]. The monoisotopic (exact) mass is 341 g/mol. The van der Waals surface area contributed by atoms with Gasteiger partial charge in [-0.1, -0.05) is 66.7 Å². The zero-order valence-electron chi connectivity index (χ0n) is 13.8. The van der Waals surface area contributed by atoms with Gasteiger partial charge < -0.3 is 9.47 Å². The van der Waals surface area contributed by atoms with E-state index in [1.807, 2.05) is 48.5 Å². The molecule has 2 rings (SSSR count). The Morgan fingerprint density at radius 3 is 2.28 bits per heavy atom. The Hall–Kier alpha value is -3.15. The topological polar surface area (TPSA) is 78.7 Å². The molecule has 0 aromatic heterocycles. The third-order valence-corrected chi connectivity index (χ3v) is 3.53. The van der Waals surface area contributed by atoms with Crippen molar-refractivity contribution in [2.75, 3.05) is 6.61 Å². The zero-order valence-corrected chi connectivity index (χ0v) is 13.8. The molecule has 0 radical (unpaired) electrons. The molecule has 0 saturated heterocycles. The summed E-state index contributed by atoms with van der Waals surface area (Å²) in [6.07, 6.45) is 2.10. The smallest absolute Gasteiger partial charge is 0.429 e. The van der Waals surface area contributed by atoms with Gasteiger partial charge in [-0.3, -0.25) is 10.1 Å². The second kappa shape index (κ2) is 8.63. The van der Waals surface area contributed by atoms with Crippen molar-refractivity contribution in [3.63, 3.8) is 0 Å². The Morgan fingerprint density at radius 1 is 1.08 bits per heavy atom. The molecule has 0 spiro atoms. The summed E-state index contributed by atoms with van der Waals surface area (Å²) in [5.74, 6) is 0. The van der Waals surface area contributed by atoms with Crippen molar-refractivity contribution in [2.45, 2.75) is 19.1 Å². The van der Waals surface area contributed by atoms with Gasteiger partial charge in [0.1, 0.15) is 6.61 Å². The van der Waals surface area contributed by atoms with E-state index in [9.17, 15) is 14.9 Å². The van der Waals surface area contributed by atoms with Crippen LogP contribution < -0.4 is 0 Å². The van der Waals surface area contributed by atoms with Crippen LogP contribution in [0.2, 0.25) is 0 Å². The molecule has 0 aliphatic carbocycles. The summed E-state index contributed by atoms with van der Waals surface area (Å²) in [5.41, 5.74) is 0.0874. The van der Waals surface area contributed by atoms with Gasteiger partial charge in [-0.15, -0.1) is 0 Å². The fraction of sp³-hybridized carbons (Fsp3) is 0.211. The van der Waals surface area contributed by atoms with Crippen molar-refractivity contribution in [3.05, 3.63) is 88.0 Å². The van der Waals surface area contributed by atoms with Crippen molar-refractivity contribution >= 4 is 12.2 Å². The summed E-state index contributed by atoms with van der Waals surface area (Å²) < 4.78 is 9.88. The first-order valence-corrected chi connectivity index (χ1v) is 7.72. The van der Waals surface area contributed by atoms with E-state index < -0.39 is 23.2 Å². The minimum Gasteiger partial charge on any atom is -0.429 e. The second-order valence-corrected chi connectivity index (χ2v) is 5.67. The van der Waals surface area contributed by atoms with E-state index in [1.54, 1.807) is 18.2 Å². The van der Waals surface area contributed by atoms with Gasteiger partial charge in [-0.2, -0.15) is 0 Å². The second-order valence-electron chi connectivity index (χ2n) is 5.67. The predicted molar refractivity (Wildman–Crippen MR) is 93.5 cm³/mol. The van der Waals surface area contributed by atoms with Crippen LogP contribution in [0, 0.1) is 10.1 Å². The molecule has 0 fully saturated rings. The summed E-state index contributed by atoms with van der Waals surface area (Å²) in [6, 6.07) is 18.3. The summed E-state index contributed by atoms with van der Waals surface area (Å²) in [6.45, 7) is 1.02. The van der Waals surface area contributed by atoms with E-state index in [4.69, 9.17) is 9.47 Å². The van der Waals surface area contributed by atoms with Crippen LogP contribution in [-0.2, 0) is 16.1 Å². The predicted octanol–water partition coefficient (Wildman–Crippen LogP) is 4.09. The van der Waals surface area contributed by atoms with E-state index in [0.29, 0.717) is 0 Å². The van der Waals surface area contributed by atoms with Crippen LogP contribution >= 0.6 is 0 Å². The first kappa shape index (κ1) is 18.2. The number of hydrogen-bond acceptors (Lipinski definition) is 5. The van der Waals surface area contributed by atoms with Gasteiger partial charge >= 0.3 is 6.16 Å². The van der Waals surface area contributed by atoms with Gasteiger partial charge in [0.15, 0.2) is 6.61 Å². The lowest BCUT2D eigenvalue weighted by atomic mass is 10.0. The lowest BCUT2D eigenvalue weighted by Crippen LogP contribution is -2.38. The van der Waals surface area contributed by atoms with E-state index in [-0.39, 0.29) is 6.61 Å². The van der Waals surface area contributed by atoms with Gasteiger partial charge in [0.2, 0.25) is 0 Å². The fourth-order valence-corrected chi connectivity index (χ4v) is 1.96. The molecule has 0 unspecified atom stereocenters. The minimum atomic E-state index is -1.54. The molecule has 0 bridgehead atoms. The van der Waals surface area contributed by atoms with Crippen LogP contribution in [0.15, 0.2) is 66.7 Å².